The standard InChI is InChI=1S/C23H27N3O2.ClH/c1-2-16-6-8-17(9-7-16)21-15-24-12-13-26(21)23(28)19-4-3-5-20(14-19)25-22(27)18-10-11-18;/h3-9,14,18,21,24H,2,10-13,15H2,1H3,(H,25,27);1H. The van der Waals surface area contributed by atoms with Gasteiger partial charge in [0.2, 0.25) is 5.91 Å². The topological polar surface area (TPSA) is 61.4 Å². The van der Waals surface area contributed by atoms with Gasteiger partial charge >= 0.3 is 0 Å². The Hall–Kier alpha value is -2.37. The first-order chi connectivity index (χ1) is 13.7. The van der Waals surface area contributed by atoms with Crippen LogP contribution in [0.5, 0.6) is 0 Å². The zero-order valence-corrected chi connectivity index (χ0v) is 17.5. The number of rotatable bonds is 5. The molecule has 5 nitrogen and oxygen atoms in total. The molecule has 0 bridgehead atoms. The van der Waals surface area contributed by atoms with E-state index in [1.54, 1.807) is 6.07 Å². The van der Waals surface area contributed by atoms with Crippen molar-refractivity contribution in [2.45, 2.75) is 32.2 Å². The van der Waals surface area contributed by atoms with E-state index in [4.69, 9.17) is 0 Å². The van der Waals surface area contributed by atoms with Crippen LogP contribution in [0, 0.1) is 5.92 Å². The van der Waals surface area contributed by atoms with Crippen LogP contribution in [0.25, 0.3) is 0 Å². The minimum atomic E-state index is 0. The summed E-state index contributed by atoms with van der Waals surface area (Å²) < 4.78 is 0. The lowest BCUT2D eigenvalue weighted by atomic mass is 10.00. The Kier molecular flexibility index (Phi) is 6.93. The van der Waals surface area contributed by atoms with Crippen molar-refractivity contribution in [2.24, 2.45) is 5.92 Å². The molecular formula is C23H28ClN3O2. The van der Waals surface area contributed by atoms with Crippen molar-refractivity contribution in [3.8, 4) is 0 Å². The number of amides is 2. The van der Waals surface area contributed by atoms with Gasteiger partial charge in [-0.2, -0.15) is 0 Å². The van der Waals surface area contributed by atoms with Crippen molar-refractivity contribution in [3.63, 3.8) is 0 Å². The van der Waals surface area contributed by atoms with Crippen molar-refractivity contribution < 1.29 is 9.59 Å². The molecule has 2 aromatic carbocycles. The van der Waals surface area contributed by atoms with Crippen LogP contribution in [-0.2, 0) is 11.2 Å². The zero-order chi connectivity index (χ0) is 19.5. The van der Waals surface area contributed by atoms with Gasteiger partial charge in [-0.15, -0.1) is 12.4 Å². The van der Waals surface area contributed by atoms with Crippen LogP contribution in [0.15, 0.2) is 48.5 Å². The molecule has 2 N–H and O–H groups in total. The third-order valence-electron chi connectivity index (χ3n) is 5.60. The zero-order valence-electron chi connectivity index (χ0n) is 16.7. The van der Waals surface area contributed by atoms with E-state index < -0.39 is 0 Å². The summed E-state index contributed by atoms with van der Waals surface area (Å²) in [5.74, 6) is 0.206. The maximum absolute atomic E-state index is 13.3. The van der Waals surface area contributed by atoms with Gasteiger partial charge in [-0.05, 0) is 48.6 Å². The fourth-order valence-electron chi connectivity index (χ4n) is 3.71. The monoisotopic (exact) mass is 413 g/mol. The van der Waals surface area contributed by atoms with Crippen molar-refractivity contribution in [1.29, 1.82) is 0 Å². The van der Waals surface area contributed by atoms with Gasteiger partial charge < -0.3 is 15.5 Å². The average Bonchev–Trinajstić information content (AvgIpc) is 3.59. The first-order valence-electron chi connectivity index (χ1n) is 10.2. The molecule has 2 aromatic rings. The number of nitrogens with one attached hydrogen (secondary N) is 2. The van der Waals surface area contributed by atoms with Gasteiger partial charge in [0.25, 0.3) is 5.91 Å². The van der Waals surface area contributed by atoms with Crippen LogP contribution >= 0.6 is 12.4 Å². The molecule has 1 unspecified atom stereocenters. The van der Waals surface area contributed by atoms with Crippen LogP contribution in [0.3, 0.4) is 0 Å². The van der Waals surface area contributed by atoms with Crippen molar-refractivity contribution in [3.05, 3.63) is 65.2 Å². The molecular weight excluding hydrogens is 386 g/mol. The van der Waals surface area contributed by atoms with Crippen molar-refractivity contribution in [1.82, 2.24) is 10.2 Å². The lowest BCUT2D eigenvalue weighted by Crippen LogP contribution is -2.48. The number of piperazine rings is 1. The van der Waals surface area contributed by atoms with E-state index in [1.165, 1.54) is 5.56 Å². The van der Waals surface area contributed by atoms with E-state index in [0.717, 1.165) is 37.9 Å². The molecule has 0 spiro atoms. The summed E-state index contributed by atoms with van der Waals surface area (Å²) in [6.45, 7) is 4.34. The van der Waals surface area contributed by atoms with E-state index in [9.17, 15) is 9.59 Å². The van der Waals surface area contributed by atoms with Crippen molar-refractivity contribution >= 4 is 29.9 Å². The molecule has 0 aromatic heterocycles. The molecule has 2 amide bonds. The highest BCUT2D eigenvalue weighted by Crippen LogP contribution is 2.30. The number of hydrogen-bond acceptors (Lipinski definition) is 3. The van der Waals surface area contributed by atoms with E-state index >= 15 is 0 Å². The maximum atomic E-state index is 13.3. The number of hydrogen-bond donors (Lipinski definition) is 2. The quantitative estimate of drug-likeness (QED) is 0.783. The molecule has 1 saturated heterocycles. The second kappa shape index (κ2) is 9.42. The average molecular weight is 414 g/mol. The van der Waals surface area contributed by atoms with E-state index in [0.29, 0.717) is 17.8 Å². The van der Waals surface area contributed by atoms with Gasteiger partial charge in [-0.3, -0.25) is 9.59 Å². The van der Waals surface area contributed by atoms with Crippen LogP contribution in [0.2, 0.25) is 0 Å². The Bertz CT molecular complexity index is 865. The van der Waals surface area contributed by atoms with E-state index in [2.05, 4.69) is 41.8 Å². The second-order valence-corrected chi connectivity index (χ2v) is 7.66. The number of halogens is 1. The Labute approximate surface area is 178 Å². The first-order valence-corrected chi connectivity index (χ1v) is 10.2. The molecule has 154 valence electrons. The van der Waals surface area contributed by atoms with Gasteiger partial charge in [0.05, 0.1) is 6.04 Å². The molecule has 0 radical (unpaired) electrons. The fraction of sp³-hybridized carbons (Fsp3) is 0.391. The lowest BCUT2D eigenvalue weighted by Gasteiger charge is -2.36. The normalized spacial score (nSPS) is 18.7. The Morgan fingerprint density at radius 2 is 1.90 bits per heavy atom. The molecule has 2 fully saturated rings. The predicted octanol–water partition coefficient (Wildman–Crippen LogP) is 3.81. The van der Waals surface area contributed by atoms with E-state index in [1.807, 2.05) is 23.1 Å². The highest BCUT2D eigenvalue weighted by Gasteiger charge is 2.31. The van der Waals surface area contributed by atoms with Crippen LogP contribution in [0.1, 0.15) is 47.3 Å². The second-order valence-electron chi connectivity index (χ2n) is 7.66. The van der Waals surface area contributed by atoms with Gasteiger partial charge in [-0.1, -0.05) is 37.3 Å². The van der Waals surface area contributed by atoms with Crippen molar-refractivity contribution in [2.75, 3.05) is 25.0 Å². The number of carbonyl (C=O) groups is 2. The maximum Gasteiger partial charge on any atom is 0.254 e. The SMILES string of the molecule is CCc1ccc(C2CNCCN2C(=O)c2cccc(NC(=O)C3CC3)c2)cc1.Cl. The van der Waals surface area contributed by atoms with Gasteiger partial charge in [-0.25, -0.2) is 0 Å². The first kappa shape index (κ1) is 21.3. The van der Waals surface area contributed by atoms with Gasteiger partial charge in [0.1, 0.15) is 0 Å². The summed E-state index contributed by atoms with van der Waals surface area (Å²) in [6, 6.07) is 15.8. The van der Waals surface area contributed by atoms with Crippen LogP contribution in [0.4, 0.5) is 5.69 Å². The highest BCUT2D eigenvalue weighted by atomic mass is 35.5. The molecule has 1 atom stereocenters. The minimum absolute atomic E-state index is 0. The molecule has 1 aliphatic carbocycles. The summed E-state index contributed by atoms with van der Waals surface area (Å²) >= 11 is 0. The van der Waals surface area contributed by atoms with Crippen LogP contribution in [-0.4, -0.2) is 36.3 Å². The molecule has 1 heterocycles. The predicted molar refractivity (Wildman–Crippen MR) is 118 cm³/mol. The summed E-state index contributed by atoms with van der Waals surface area (Å²) in [4.78, 5) is 27.3. The Balaban J connectivity index is 0.00000240. The van der Waals surface area contributed by atoms with Gasteiger partial charge in [0, 0.05) is 36.8 Å². The minimum Gasteiger partial charge on any atom is -0.329 e. The van der Waals surface area contributed by atoms with Gasteiger partial charge in [0.15, 0.2) is 0 Å². The molecule has 2 aliphatic rings. The summed E-state index contributed by atoms with van der Waals surface area (Å²) in [7, 11) is 0. The largest absolute Gasteiger partial charge is 0.329 e. The molecule has 1 saturated carbocycles. The number of anilines is 1. The molecule has 1 aliphatic heterocycles. The Morgan fingerprint density at radius 1 is 1.14 bits per heavy atom. The smallest absolute Gasteiger partial charge is 0.254 e. The lowest BCUT2D eigenvalue weighted by molar-refractivity contribution is -0.117. The molecule has 29 heavy (non-hydrogen) atoms. The molecule has 4 rings (SSSR count). The number of aryl methyl sites for hydroxylation is 1. The molecule has 6 heteroatoms. The van der Waals surface area contributed by atoms with Crippen LogP contribution < -0.4 is 10.6 Å². The Morgan fingerprint density at radius 3 is 2.59 bits per heavy atom. The number of carbonyl (C=O) groups excluding carboxylic acids is 2. The summed E-state index contributed by atoms with van der Waals surface area (Å²) in [5.41, 5.74) is 3.76. The highest BCUT2D eigenvalue weighted by molar-refractivity contribution is 5.98. The van der Waals surface area contributed by atoms with E-state index in [-0.39, 0.29) is 36.2 Å². The number of benzene rings is 2. The summed E-state index contributed by atoms with van der Waals surface area (Å²) in [5, 5.41) is 6.34. The third kappa shape index (κ3) is 4.98. The number of nitrogens with zero attached hydrogens (tertiary/aromatic N) is 1. The fourth-order valence-corrected chi connectivity index (χ4v) is 3.71. The summed E-state index contributed by atoms with van der Waals surface area (Å²) in [6.07, 6.45) is 2.93. The third-order valence-corrected chi connectivity index (χ3v) is 5.60.